The van der Waals surface area contributed by atoms with E-state index in [0.717, 1.165) is 39.7 Å². The fourth-order valence-corrected chi connectivity index (χ4v) is 4.51. The van der Waals surface area contributed by atoms with Crippen LogP contribution in [-0.4, -0.2) is 49.4 Å². The molecule has 0 amide bonds. The Kier molecular flexibility index (Phi) is 5.33. The highest BCUT2D eigenvalue weighted by molar-refractivity contribution is 5.78. The molecule has 0 bridgehead atoms. The molecule has 0 aliphatic carbocycles. The second kappa shape index (κ2) is 8.45. The third-order valence-electron chi connectivity index (χ3n) is 5.94. The van der Waals surface area contributed by atoms with Crippen molar-refractivity contribution in [2.75, 3.05) is 13.2 Å². The number of ether oxygens (including phenoxy) is 2. The number of benzene rings is 1. The summed E-state index contributed by atoms with van der Waals surface area (Å²) in [6.07, 6.45) is 6.13. The van der Waals surface area contributed by atoms with Crippen molar-refractivity contribution >= 4 is 12.1 Å². The highest BCUT2D eigenvalue weighted by Crippen LogP contribution is 2.41. The van der Waals surface area contributed by atoms with Crippen LogP contribution < -0.4 is 9.47 Å². The molecule has 0 spiro atoms. The van der Waals surface area contributed by atoms with Gasteiger partial charge in [0, 0.05) is 18.0 Å². The normalized spacial score (nSPS) is 16.1. The molecule has 1 aromatic carbocycles. The first kappa shape index (κ1) is 20.8. The van der Waals surface area contributed by atoms with Gasteiger partial charge in [-0.1, -0.05) is 0 Å². The van der Waals surface area contributed by atoms with Crippen LogP contribution in [0.2, 0.25) is 0 Å². The number of aryl methyl sites for hydroxylation is 2. The third kappa shape index (κ3) is 3.53. The van der Waals surface area contributed by atoms with Gasteiger partial charge in [-0.2, -0.15) is 0 Å². The van der Waals surface area contributed by atoms with E-state index in [9.17, 15) is 4.39 Å². The summed E-state index contributed by atoms with van der Waals surface area (Å²) in [5.74, 6) is 1.29. The number of nitrogens with zero attached hydrogens (tertiary/aromatic N) is 5. The predicted molar refractivity (Wildman–Crippen MR) is 115 cm³/mol. The lowest BCUT2D eigenvalue weighted by Crippen LogP contribution is -2.13. The highest BCUT2D eigenvalue weighted by atomic mass is 19.1. The number of hydrogen-bond acceptors (Lipinski definition) is 7. The van der Waals surface area contributed by atoms with Gasteiger partial charge in [-0.25, -0.2) is 4.39 Å². The van der Waals surface area contributed by atoms with Crippen molar-refractivity contribution in [1.29, 1.82) is 0 Å². The number of rotatable bonds is 1. The van der Waals surface area contributed by atoms with Gasteiger partial charge in [0.2, 0.25) is 0 Å². The molecule has 4 aromatic rings. The van der Waals surface area contributed by atoms with Crippen LogP contribution in [0.1, 0.15) is 28.4 Å². The summed E-state index contributed by atoms with van der Waals surface area (Å²) in [6.45, 7) is 2.56. The highest BCUT2D eigenvalue weighted by Gasteiger charge is 2.31. The Labute approximate surface area is 187 Å². The topological polar surface area (TPSA) is 112 Å². The second-order valence-electron chi connectivity index (χ2n) is 7.75. The monoisotopic (exact) mass is 449 g/mol. The van der Waals surface area contributed by atoms with Crippen LogP contribution >= 0.6 is 0 Å². The molecule has 0 saturated heterocycles. The van der Waals surface area contributed by atoms with Gasteiger partial charge in [-0.05, 0) is 43.5 Å². The Morgan fingerprint density at radius 1 is 1.15 bits per heavy atom. The molecule has 5 heterocycles. The SMILES string of the molecule is Cc1nccnc1-c1cc2c(n3cnnc13)CCc1c(F)ccc3c1[C@H](CO3)CO2.O=CO. The minimum Gasteiger partial charge on any atom is -0.493 e. The van der Waals surface area contributed by atoms with E-state index in [1.807, 2.05) is 17.4 Å². The molecule has 0 fully saturated rings. The van der Waals surface area contributed by atoms with Crippen LogP contribution in [0.4, 0.5) is 4.39 Å². The molecule has 1 N–H and O–H groups in total. The Bertz CT molecular complexity index is 1360. The smallest absolute Gasteiger partial charge is 0.290 e. The van der Waals surface area contributed by atoms with Crippen LogP contribution in [0.15, 0.2) is 36.9 Å². The minimum atomic E-state index is -0.250. The maximum absolute atomic E-state index is 14.7. The van der Waals surface area contributed by atoms with E-state index < -0.39 is 0 Å². The van der Waals surface area contributed by atoms with Crippen molar-refractivity contribution in [3.05, 3.63) is 65.3 Å². The molecular weight excluding hydrogens is 429 g/mol. The first-order valence-corrected chi connectivity index (χ1v) is 10.4. The van der Waals surface area contributed by atoms with E-state index >= 15 is 0 Å². The average Bonchev–Trinajstić information content (AvgIpc) is 3.46. The fraction of sp³-hybridized carbons (Fsp3) is 0.261. The lowest BCUT2D eigenvalue weighted by Gasteiger charge is -2.16. The summed E-state index contributed by atoms with van der Waals surface area (Å²) < 4.78 is 28.7. The van der Waals surface area contributed by atoms with Crippen molar-refractivity contribution in [2.45, 2.75) is 25.7 Å². The fourth-order valence-electron chi connectivity index (χ4n) is 4.51. The molecule has 1 atom stereocenters. The van der Waals surface area contributed by atoms with E-state index in [-0.39, 0.29) is 18.2 Å². The van der Waals surface area contributed by atoms with Crippen LogP contribution in [0, 0.1) is 12.7 Å². The Morgan fingerprint density at radius 2 is 1.91 bits per heavy atom. The molecule has 168 valence electrons. The van der Waals surface area contributed by atoms with Crippen molar-refractivity contribution in [2.24, 2.45) is 0 Å². The predicted octanol–water partition coefficient (Wildman–Crippen LogP) is 2.99. The molecule has 3 aromatic heterocycles. The number of hydrogen-bond donors (Lipinski definition) is 1. The molecule has 9 nitrogen and oxygen atoms in total. The van der Waals surface area contributed by atoms with Gasteiger partial charge < -0.3 is 14.6 Å². The van der Waals surface area contributed by atoms with Crippen LogP contribution in [0.5, 0.6) is 11.5 Å². The summed E-state index contributed by atoms with van der Waals surface area (Å²) in [5, 5.41) is 15.3. The number of fused-ring (bicyclic) bond motifs is 3. The van der Waals surface area contributed by atoms with E-state index in [1.54, 1.807) is 24.8 Å². The summed E-state index contributed by atoms with van der Waals surface area (Å²) in [6, 6.07) is 5.16. The van der Waals surface area contributed by atoms with Crippen molar-refractivity contribution in [1.82, 2.24) is 24.6 Å². The number of carboxylic acid groups (broad SMARTS) is 1. The van der Waals surface area contributed by atoms with Crippen molar-refractivity contribution < 1.29 is 23.8 Å². The molecule has 2 aliphatic heterocycles. The number of aromatic nitrogens is 5. The lowest BCUT2D eigenvalue weighted by atomic mass is 9.93. The zero-order valence-corrected chi connectivity index (χ0v) is 17.7. The second-order valence-corrected chi connectivity index (χ2v) is 7.75. The lowest BCUT2D eigenvalue weighted by molar-refractivity contribution is -0.122. The molecule has 0 saturated carbocycles. The van der Waals surface area contributed by atoms with Gasteiger partial charge in [-0.3, -0.25) is 19.2 Å². The summed E-state index contributed by atoms with van der Waals surface area (Å²) in [7, 11) is 0. The maximum Gasteiger partial charge on any atom is 0.290 e. The number of halogens is 1. The first-order valence-electron chi connectivity index (χ1n) is 10.4. The van der Waals surface area contributed by atoms with Crippen molar-refractivity contribution in [3.8, 4) is 22.8 Å². The number of carbonyl (C=O) groups is 1. The molecular formula is C23H20FN5O4. The largest absolute Gasteiger partial charge is 0.493 e. The molecule has 0 unspecified atom stereocenters. The van der Waals surface area contributed by atoms with Gasteiger partial charge in [0.1, 0.15) is 23.6 Å². The van der Waals surface area contributed by atoms with Gasteiger partial charge in [0.25, 0.3) is 6.47 Å². The number of pyridine rings is 1. The zero-order valence-electron chi connectivity index (χ0n) is 17.7. The van der Waals surface area contributed by atoms with Gasteiger partial charge in [-0.15, -0.1) is 10.2 Å². The standard InChI is InChI=1S/C22H18FN5O2.CH2O2/c1-12-21(25-7-6-24-12)15-8-19-17(28-11-26-27-22(15)28)4-2-14-16(23)3-5-18-20(14)13(9-29-18)10-30-19;2-1-3/h3,5-8,11,13H,2,4,9-10H2,1H3;1H,(H,2,3)/t13-;/m1./s1. The molecule has 10 heteroatoms. The zero-order chi connectivity index (χ0) is 22.9. The molecule has 2 aliphatic rings. The third-order valence-corrected chi connectivity index (χ3v) is 5.94. The maximum atomic E-state index is 14.7. The van der Waals surface area contributed by atoms with E-state index in [2.05, 4.69) is 20.2 Å². The Morgan fingerprint density at radius 3 is 2.70 bits per heavy atom. The van der Waals surface area contributed by atoms with Gasteiger partial charge >= 0.3 is 0 Å². The minimum absolute atomic E-state index is 0.00466. The molecule has 33 heavy (non-hydrogen) atoms. The van der Waals surface area contributed by atoms with Gasteiger partial charge in [0.15, 0.2) is 5.65 Å². The quantitative estimate of drug-likeness (QED) is 0.442. The van der Waals surface area contributed by atoms with E-state index in [4.69, 9.17) is 19.4 Å². The summed E-state index contributed by atoms with van der Waals surface area (Å²) >= 11 is 0. The van der Waals surface area contributed by atoms with Gasteiger partial charge in [0.05, 0.1) is 41.8 Å². The Balaban J connectivity index is 0.000000724. The van der Waals surface area contributed by atoms with Crippen LogP contribution in [-0.2, 0) is 17.6 Å². The molecule has 6 rings (SSSR count). The molecule has 0 radical (unpaired) electrons. The first-order chi connectivity index (χ1) is 16.1. The summed E-state index contributed by atoms with van der Waals surface area (Å²) in [4.78, 5) is 17.2. The van der Waals surface area contributed by atoms with Crippen LogP contribution in [0.3, 0.4) is 0 Å². The van der Waals surface area contributed by atoms with E-state index in [1.165, 1.54) is 6.07 Å². The average molecular weight is 449 g/mol. The van der Waals surface area contributed by atoms with E-state index in [0.29, 0.717) is 37.3 Å². The summed E-state index contributed by atoms with van der Waals surface area (Å²) in [5.41, 5.74) is 5.59. The van der Waals surface area contributed by atoms with Crippen molar-refractivity contribution in [3.63, 3.8) is 0 Å². The van der Waals surface area contributed by atoms with Crippen LogP contribution in [0.25, 0.3) is 16.9 Å². The Hall–Kier alpha value is -4.08.